The first-order valence-corrected chi connectivity index (χ1v) is 5.92. The molecule has 0 atom stereocenters. The third-order valence-electron chi connectivity index (χ3n) is 2.29. The summed E-state index contributed by atoms with van der Waals surface area (Å²) in [6, 6.07) is 4.99. The molecule has 5 heteroatoms. The molecule has 0 amide bonds. The largest absolute Gasteiger partial charge is 0.375 e. The minimum atomic E-state index is -0.365. The van der Waals surface area contributed by atoms with E-state index in [4.69, 9.17) is 17.3 Å². The molecule has 0 aliphatic rings. The standard InChI is InChI=1S/C11H10ClFN2S/c1-6-9(16-11(14)15-6)5-7-3-2-4-8(12)10(7)13/h2-4H,5H2,1H3,(H2,14,15). The molecular formula is C11H10ClFN2S. The molecule has 0 aliphatic carbocycles. The van der Waals surface area contributed by atoms with Crippen LogP contribution in [-0.2, 0) is 6.42 Å². The van der Waals surface area contributed by atoms with Crippen molar-refractivity contribution in [3.63, 3.8) is 0 Å². The van der Waals surface area contributed by atoms with Crippen molar-refractivity contribution in [2.24, 2.45) is 0 Å². The van der Waals surface area contributed by atoms with E-state index in [1.165, 1.54) is 17.4 Å². The Morgan fingerprint density at radius 1 is 1.50 bits per heavy atom. The normalized spacial score (nSPS) is 10.7. The fourth-order valence-electron chi connectivity index (χ4n) is 1.47. The number of rotatable bonds is 2. The second kappa shape index (κ2) is 4.39. The minimum absolute atomic E-state index is 0.146. The first-order chi connectivity index (χ1) is 7.58. The number of hydrogen-bond donors (Lipinski definition) is 1. The second-order valence-corrected chi connectivity index (χ2v) is 4.97. The van der Waals surface area contributed by atoms with Gasteiger partial charge in [0.05, 0.1) is 10.7 Å². The lowest BCUT2D eigenvalue weighted by Crippen LogP contribution is -1.93. The van der Waals surface area contributed by atoms with E-state index in [1.807, 2.05) is 6.92 Å². The van der Waals surface area contributed by atoms with Crippen LogP contribution in [0.5, 0.6) is 0 Å². The van der Waals surface area contributed by atoms with Crippen molar-refractivity contribution in [3.05, 3.63) is 45.2 Å². The summed E-state index contributed by atoms with van der Waals surface area (Å²) in [5.74, 6) is -0.365. The lowest BCUT2D eigenvalue weighted by atomic mass is 10.1. The predicted octanol–water partition coefficient (Wildman–Crippen LogP) is 3.42. The third-order valence-corrected chi connectivity index (χ3v) is 3.57. The van der Waals surface area contributed by atoms with E-state index in [0.29, 0.717) is 17.1 Å². The summed E-state index contributed by atoms with van der Waals surface area (Å²) >= 11 is 7.09. The molecule has 0 saturated heterocycles. The number of aryl methyl sites for hydroxylation is 1. The Balaban J connectivity index is 2.34. The predicted molar refractivity (Wildman–Crippen MR) is 65.5 cm³/mol. The summed E-state index contributed by atoms with van der Waals surface area (Å²) in [6.07, 6.45) is 0.479. The Kier molecular flexibility index (Phi) is 3.12. The number of halogens is 2. The van der Waals surface area contributed by atoms with E-state index in [1.54, 1.807) is 12.1 Å². The average Bonchev–Trinajstić information content (AvgIpc) is 2.53. The molecule has 16 heavy (non-hydrogen) atoms. The molecule has 0 fully saturated rings. The molecule has 0 radical (unpaired) electrons. The van der Waals surface area contributed by atoms with Crippen LogP contribution in [0, 0.1) is 12.7 Å². The smallest absolute Gasteiger partial charge is 0.180 e. The van der Waals surface area contributed by atoms with E-state index in [9.17, 15) is 4.39 Å². The Labute approximate surface area is 102 Å². The molecule has 0 unspecified atom stereocenters. The van der Waals surface area contributed by atoms with Gasteiger partial charge in [-0.2, -0.15) is 0 Å². The highest BCUT2D eigenvalue weighted by Crippen LogP contribution is 2.26. The maximum atomic E-state index is 13.6. The summed E-state index contributed by atoms with van der Waals surface area (Å²) in [6.45, 7) is 1.87. The summed E-state index contributed by atoms with van der Waals surface area (Å²) in [5.41, 5.74) is 7.01. The third kappa shape index (κ3) is 2.18. The summed E-state index contributed by atoms with van der Waals surface area (Å²) in [4.78, 5) is 5.07. The summed E-state index contributed by atoms with van der Waals surface area (Å²) < 4.78 is 13.6. The average molecular weight is 257 g/mol. The van der Waals surface area contributed by atoms with Gasteiger partial charge in [0.15, 0.2) is 5.13 Å². The number of hydrogen-bond acceptors (Lipinski definition) is 3. The van der Waals surface area contributed by atoms with Crippen molar-refractivity contribution in [2.45, 2.75) is 13.3 Å². The molecule has 2 nitrogen and oxygen atoms in total. The molecule has 2 aromatic rings. The van der Waals surface area contributed by atoms with Crippen LogP contribution in [-0.4, -0.2) is 4.98 Å². The molecule has 1 aromatic heterocycles. The van der Waals surface area contributed by atoms with Gasteiger partial charge in [-0.05, 0) is 18.6 Å². The van der Waals surface area contributed by atoms with Crippen LogP contribution in [0.15, 0.2) is 18.2 Å². The summed E-state index contributed by atoms with van der Waals surface area (Å²) in [7, 11) is 0. The fourth-order valence-corrected chi connectivity index (χ4v) is 2.52. The molecule has 1 aromatic carbocycles. The van der Waals surface area contributed by atoms with E-state index >= 15 is 0 Å². The highest BCUT2D eigenvalue weighted by molar-refractivity contribution is 7.15. The maximum Gasteiger partial charge on any atom is 0.180 e. The van der Waals surface area contributed by atoms with Crippen LogP contribution >= 0.6 is 22.9 Å². The monoisotopic (exact) mass is 256 g/mol. The molecule has 0 spiro atoms. The number of nitrogens with two attached hydrogens (primary N) is 1. The van der Waals surface area contributed by atoms with Crippen LogP contribution in [0.25, 0.3) is 0 Å². The Morgan fingerprint density at radius 3 is 2.88 bits per heavy atom. The van der Waals surface area contributed by atoms with Gasteiger partial charge < -0.3 is 5.73 Å². The van der Waals surface area contributed by atoms with Gasteiger partial charge in [0.1, 0.15) is 5.82 Å². The van der Waals surface area contributed by atoms with Gasteiger partial charge in [-0.3, -0.25) is 0 Å². The number of thiazole rings is 1. The number of anilines is 1. The van der Waals surface area contributed by atoms with Crippen molar-refractivity contribution in [1.82, 2.24) is 4.98 Å². The SMILES string of the molecule is Cc1nc(N)sc1Cc1cccc(Cl)c1F. The number of benzene rings is 1. The van der Waals surface area contributed by atoms with Crippen molar-refractivity contribution < 1.29 is 4.39 Å². The van der Waals surface area contributed by atoms with Gasteiger partial charge in [-0.1, -0.05) is 23.7 Å². The quantitative estimate of drug-likeness (QED) is 0.894. The van der Waals surface area contributed by atoms with Crippen LogP contribution in [0.3, 0.4) is 0 Å². The van der Waals surface area contributed by atoms with Crippen molar-refractivity contribution in [1.29, 1.82) is 0 Å². The number of aromatic nitrogens is 1. The van der Waals surface area contributed by atoms with Gasteiger partial charge in [-0.15, -0.1) is 11.3 Å². The van der Waals surface area contributed by atoms with E-state index in [0.717, 1.165) is 10.6 Å². The lowest BCUT2D eigenvalue weighted by molar-refractivity contribution is 0.614. The zero-order chi connectivity index (χ0) is 11.7. The molecule has 2 rings (SSSR count). The Morgan fingerprint density at radius 2 is 2.25 bits per heavy atom. The maximum absolute atomic E-state index is 13.6. The van der Waals surface area contributed by atoms with Crippen molar-refractivity contribution in [3.8, 4) is 0 Å². The van der Waals surface area contributed by atoms with Crippen molar-refractivity contribution >= 4 is 28.1 Å². The van der Waals surface area contributed by atoms with Gasteiger partial charge >= 0.3 is 0 Å². The first-order valence-electron chi connectivity index (χ1n) is 4.72. The highest BCUT2D eigenvalue weighted by Gasteiger charge is 2.11. The summed E-state index contributed by atoms with van der Waals surface area (Å²) in [5, 5.41) is 0.655. The molecular weight excluding hydrogens is 247 g/mol. The topological polar surface area (TPSA) is 38.9 Å². The van der Waals surface area contributed by atoms with Gasteiger partial charge in [-0.25, -0.2) is 9.37 Å². The van der Waals surface area contributed by atoms with Gasteiger partial charge in [0.25, 0.3) is 0 Å². The van der Waals surface area contributed by atoms with Gasteiger partial charge in [0, 0.05) is 11.3 Å². The van der Waals surface area contributed by atoms with Crippen LogP contribution < -0.4 is 5.73 Å². The molecule has 0 saturated carbocycles. The molecule has 1 heterocycles. The zero-order valence-corrected chi connectivity index (χ0v) is 10.2. The zero-order valence-electron chi connectivity index (χ0n) is 8.63. The Bertz CT molecular complexity index is 525. The van der Waals surface area contributed by atoms with E-state index in [-0.39, 0.29) is 10.8 Å². The lowest BCUT2D eigenvalue weighted by Gasteiger charge is -2.03. The highest BCUT2D eigenvalue weighted by atomic mass is 35.5. The number of nitrogen functional groups attached to an aromatic ring is 1. The minimum Gasteiger partial charge on any atom is -0.375 e. The Hall–Kier alpha value is -1.13. The second-order valence-electron chi connectivity index (χ2n) is 3.45. The molecule has 0 aliphatic heterocycles. The first kappa shape index (κ1) is 11.4. The molecule has 2 N–H and O–H groups in total. The van der Waals surface area contributed by atoms with Crippen LogP contribution in [0.1, 0.15) is 16.1 Å². The van der Waals surface area contributed by atoms with Crippen LogP contribution in [0.2, 0.25) is 5.02 Å². The van der Waals surface area contributed by atoms with Crippen LogP contribution in [0.4, 0.5) is 9.52 Å². The number of nitrogens with zero attached hydrogens (tertiary/aromatic N) is 1. The van der Waals surface area contributed by atoms with Gasteiger partial charge in [0.2, 0.25) is 0 Å². The molecule has 0 bridgehead atoms. The van der Waals surface area contributed by atoms with E-state index < -0.39 is 0 Å². The molecule has 84 valence electrons. The van der Waals surface area contributed by atoms with E-state index in [2.05, 4.69) is 4.98 Å². The van der Waals surface area contributed by atoms with Crippen molar-refractivity contribution in [2.75, 3.05) is 5.73 Å². The fraction of sp³-hybridized carbons (Fsp3) is 0.182.